The van der Waals surface area contributed by atoms with Crippen molar-refractivity contribution in [2.45, 2.75) is 25.7 Å². The molecule has 2 aliphatic heterocycles. The highest BCUT2D eigenvalue weighted by Crippen LogP contribution is 2.20. The maximum Gasteiger partial charge on any atom is 0.282 e. The molecule has 0 unspecified atom stereocenters. The van der Waals surface area contributed by atoms with Gasteiger partial charge in [0.2, 0.25) is 0 Å². The molecular formula is C15H27N3O3S. The van der Waals surface area contributed by atoms with Gasteiger partial charge in [0.15, 0.2) is 0 Å². The van der Waals surface area contributed by atoms with Gasteiger partial charge < -0.3 is 4.74 Å². The number of rotatable bonds is 4. The Bertz CT molecular complexity index is 492. The quantitative estimate of drug-likeness (QED) is 0.712. The minimum absolute atomic E-state index is 0.482. The summed E-state index contributed by atoms with van der Waals surface area (Å²) in [5, 5.41) is 0. The van der Waals surface area contributed by atoms with Crippen LogP contribution in [0.15, 0.2) is 11.6 Å². The number of piperazine rings is 1. The van der Waals surface area contributed by atoms with Crippen LogP contribution in [0.25, 0.3) is 0 Å². The van der Waals surface area contributed by atoms with Crippen LogP contribution in [-0.2, 0) is 14.9 Å². The summed E-state index contributed by atoms with van der Waals surface area (Å²) in [5.41, 5.74) is 1.54. The molecule has 0 aromatic heterocycles. The van der Waals surface area contributed by atoms with Gasteiger partial charge in [0.05, 0.1) is 13.2 Å². The fourth-order valence-electron chi connectivity index (χ4n) is 3.39. The van der Waals surface area contributed by atoms with Gasteiger partial charge in [-0.25, -0.2) is 0 Å². The van der Waals surface area contributed by atoms with Gasteiger partial charge in [-0.1, -0.05) is 11.6 Å². The fourth-order valence-corrected chi connectivity index (χ4v) is 4.96. The summed E-state index contributed by atoms with van der Waals surface area (Å²) < 4.78 is 33.7. The molecule has 0 aromatic rings. The van der Waals surface area contributed by atoms with Crippen molar-refractivity contribution >= 4 is 10.2 Å². The first kappa shape index (κ1) is 16.4. The second-order valence-electron chi connectivity index (χ2n) is 6.30. The van der Waals surface area contributed by atoms with Crippen LogP contribution in [0, 0.1) is 0 Å². The van der Waals surface area contributed by atoms with Gasteiger partial charge in [-0.05, 0) is 25.7 Å². The lowest BCUT2D eigenvalue weighted by molar-refractivity contribution is 0.0687. The molecule has 0 saturated carbocycles. The molecular weight excluding hydrogens is 302 g/mol. The molecule has 0 aromatic carbocycles. The van der Waals surface area contributed by atoms with E-state index >= 15 is 0 Å². The maximum atomic E-state index is 12.6. The van der Waals surface area contributed by atoms with E-state index in [1.54, 1.807) is 8.61 Å². The van der Waals surface area contributed by atoms with Crippen molar-refractivity contribution < 1.29 is 13.2 Å². The van der Waals surface area contributed by atoms with Crippen molar-refractivity contribution in [1.82, 2.24) is 13.5 Å². The molecule has 6 nitrogen and oxygen atoms in total. The van der Waals surface area contributed by atoms with E-state index < -0.39 is 10.2 Å². The second kappa shape index (κ2) is 7.40. The Labute approximate surface area is 133 Å². The molecule has 0 spiro atoms. The predicted octanol–water partition coefficient (Wildman–Crippen LogP) is 0.681. The van der Waals surface area contributed by atoms with E-state index in [9.17, 15) is 8.42 Å². The molecule has 0 N–H and O–H groups in total. The number of allylic oxidation sites excluding steroid dienone is 1. The minimum atomic E-state index is -3.30. The molecule has 3 rings (SSSR count). The Morgan fingerprint density at radius 2 is 1.64 bits per heavy atom. The average Bonchev–Trinajstić information content (AvgIpc) is 2.57. The van der Waals surface area contributed by atoms with Crippen molar-refractivity contribution in [3.05, 3.63) is 11.6 Å². The van der Waals surface area contributed by atoms with Gasteiger partial charge in [-0.15, -0.1) is 0 Å². The summed E-state index contributed by atoms with van der Waals surface area (Å²) in [6.45, 7) is 5.87. The SMILES string of the molecule is O=S(=O)(N1CCOCC1)N1CCN(CC2=CCCCC2)CC1. The predicted molar refractivity (Wildman–Crippen MR) is 85.9 cm³/mol. The molecule has 1 aliphatic carbocycles. The van der Waals surface area contributed by atoms with Gasteiger partial charge in [0.1, 0.15) is 0 Å². The highest BCUT2D eigenvalue weighted by molar-refractivity contribution is 7.86. The van der Waals surface area contributed by atoms with Gasteiger partial charge >= 0.3 is 0 Å². The van der Waals surface area contributed by atoms with E-state index in [4.69, 9.17) is 4.74 Å². The first-order valence-electron chi connectivity index (χ1n) is 8.39. The van der Waals surface area contributed by atoms with Gasteiger partial charge in [-0.2, -0.15) is 17.0 Å². The van der Waals surface area contributed by atoms with Crippen LogP contribution in [0.3, 0.4) is 0 Å². The molecule has 0 radical (unpaired) electrons. The standard InChI is InChI=1S/C15H27N3O3S/c19-22(20,18-10-12-21-13-11-18)17-8-6-16(7-9-17)14-15-4-2-1-3-5-15/h4H,1-3,5-14H2. The molecule has 7 heteroatoms. The smallest absolute Gasteiger partial charge is 0.282 e. The van der Waals surface area contributed by atoms with Crippen LogP contribution in [-0.4, -0.2) is 81.0 Å². The first-order chi connectivity index (χ1) is 10.7. The maximum absolute atomic E-state index is 12.6. The van der Waals surface area contributed by atoms with Crippen molar-refractivity contribution in [3.63, 3.8) is 0 Å². The highest BCUT2D eigenvalue weighted by Gasteiger charge is 2.33. The Hall–Kier alpha value is -0.470. The van der Waals surface area contributed by atoms with Crippen LogP contribution < -0.4 is 0 Å². The lowest BCUT2D eigenvalue weighted by Gasteiger charge is -2.38. The number of hydrogen-bond donors (Lipinski definition) is 0. The molecule has 2 saturated heterocycles. The molecule has 0 amide bonds. The Balaban J connectivity index is 1.51. The van der Waals surface area contributed by atoms with Crippen molar-refractivity contribution in [2.75, 3.05) is 59.0 Å². The summed E-state index contributed by atoms with van der Waals surface area (Å²) in [7, 11) is -3.30. The topological polar surface area (TPSA) is 53.1 Å². The Morgan fingerprint density at radius 3 is 2.27 bits per heavy atom. The van der Waals surface area contributed by atoms with E-state index in [-0.39, 0.29) is 0 Å². The van der Waals surface area contributed by atoms with E-state index in [1.807, 2.05) is 0 Å². The second-order valence-corrected chi connectivity index (χ2v) is 8.23. The monoisotopic (exact) mass is 329 g/mol. The third-order valence-corrected chi connectivity index (χ3v) is 6.80. The van der Waals surface area contributed by atoms with Crippen LogP contribution >= 0.6 is 0 Å². The summed E-state index contributed by atoms with van der Waals surface area (Å²) in [4.78, 5) is 2.39. The zero-order valence-corrected chi connectivity index (χ0v) is 14.1. The van der Waals surface area contributed by atoms with Gasteiger partial charge in [0.25, 0.3) is 10.2 Å². The Morgan fingerprint density at radius 1 is 0.955 bits per heavy atom. The van der Waals surface area contributed by atoms with Crippen molar-refractivity contribution in [1.29, 1.82) is 0 Å². The minimum Gasteiger partial charge on any atom is -0.379 e. The zero-order chi connectivity index (χ0) is 15.4. The zero-order valence-electron chi connectivity index (χ0n) is 13.2. The number of morpholine rings is 1. The van der Waals surface area contributed by atoms with E-state index in [0.29, 0.717) is 39.4 Å². The largest absolute Gasteiger partial charge is 0.379 e. The molecule has 126 valence electrons. The van der Waals surface area contributed by atoms with Crippen LogP contribution in [0.2, 0.25) is 0 Å². The third-order valence-electron chi connectivity index (χ3n) is 4.77. The van der Waals surface area contributed by atoms with E-state index in [2.05, 4.69) is 11.0 Å². The Kier molecular flexibility index (Phi) is 5.51. The van der Waals surface area contributed by atoms with E-state index in [0.717, 1.165) is 19.6 Å². The first-order valence-corrected chi connectivity index (χ1v) is 9.79. The molecule has 22 heavy (non-hydrogen) atoms. The van der Waals surface area contributed by atoms with Crippen LogP contribution in [0.5, 0.6) is 0 Å². The van der Waals surface area contributed by atoms with Crippen LogP contribution in [0.4, 0.5) is 0 Å². The van der Waals surface area contributed by atoms with Gasteiger partial charge in [0, 0.05) is 45.8 Å². The van der Waals surface area contributed by atoms with Gasteiger partial charge in [-0.3, -0.25) is 4.90 Å². The average molecular weight is 329 g/mol. The normalized spacial score (nSPS) is 26.8. The fraction of sp³-hybridized carbons (Fsp3) is 0.867. The summed E-state index contributed by atoms with van der Waals surface area (Å²) in [6, 6.07) is 0. The summed E-state index contributed by atoms with van der Waals surface area (Å²) in [6.07, 6.45) is 7.42. The molecule has 0 atom stereocenters. The molecule has 0 bridgehead atoms. The van der Waals surface area contributed by atoms with Crippen LogP contribution in [0.1, 0.15) is 25.7 Å². The number of ether oxygens (including phenoxy) is 1. The molecule has 2 heterocycles. The molecule has 3 aliphatic rings. The lowest BCUT2D eigenvalue weighted by atomic mass is 9.99. The van der Waals surface area contributed by atoms with Crippen molar-refractivity contribution in [2.24, 2.45) is 0 Å². The molecule has 2 fully saturated rings. The van der Waals surface area contributed by atoms with E-state index in [1.165, 1.54) is 31.3 Å². The summed E-state index contributed by atoms with van der Waals surface area (Å²) >= 11 is 0. The summed E-state index contributed by atoms with van der Waals surface area (Å²) in [5.74, 6) is 0. The third kappa shape index (κ3) is 3.89. The van der Waals surface area contributed by atoms with Crippen molar-refractivity contribution in [3.8, 4) is 0 Å². The highest BCUT2D eigenvalue weighted by atomic mass is 32.2. The number of nitrogens with zero attached hydrogens (tertiary/aromatic N) is 3. The lowest BCUT2D eigenvalue weighted by Crippen LogP contribution is -2.55. The number of hydrogen-bond acceptors (Lipinski definition) is 4.